The molecule has 2 rings (SSSR count). The molecule has 5 heteroatoms. The summed E-state index contributed by atoms with van der Waals surface area (Å²) in [5.74, 6) is 0.351. The molecule has 3 nitrogen and oxygen atoms in total. The second-order valence-corrected chi connectivity index (χ2v) is 4.98. The lowest BCUT2D eigenvalue weighted by atomic mass is 10.1. The molecule has 0 bridgehead atoms. The van der Waals surface area contributed by atoms with Crippen LogP contribution in [-0.2, 0) is 6.54 Å². The molecule has 0 fully saturated rings. The lowest BCUT2D eigenvalue weighted by molar-refractivity contribution is 0.448. The van der Waals surface area contributed by atoms with E-state index in [2.05, 4.69) is 10.3 Å². The summed E-state index contributed by atoms with van der Waals surface area (Å²) >= 11 is 5.66. The van der Waals surface area contributed by atoms with Gasteiger partial charge in [0.15, 0.2) is 0 Å². The van der Waals surface area contributed by atoms with Gasteiger partial charge < -0.3 is 10.1 Å². The van der Waals surface area contributed by atoms with E-state index in [1.165, 1.54) is 12.1 Å². The number of halogens is 2. The Bertz CT molecular complexity index is 632. The van der Waals surface area contributed by atoms with Crippen molar-refractivity contribution in [2.24, 2.45) is 0 Å². The second kappa shape index (κ2) is 6.20. The van der Waals surface area contributed by atoms with Crippen molar-refractivity contribution in [1.29, 1.82) is 0 Å². The first kappa shape index (κ1) is 14.8. The molecule has 0 atom stereocenters. The topological polar surface area (TPSA) is 34.2 Å². The Kier molecular flexibility index (Phi) is 4.57. The van der Waals surface area contributed by atoms with Crippen LogP contribution in [0.5, 0.6) is 11.6 Å². The normalized spacial score (nSPS) is 10.7. The van der Waals surface area contributed by atoms with Crippen molar-refractivity contribution in [2.75, 3.05) is 7.05 Å². The third kappa shape index (κ3) is 3.26. The van der Waals surface area contributed by atoms with Crippen LogP contribution in [0.25, 0.3) is 0 Å². The number of aryl methyl sites for hydroxylation is 2. The van der Waals surface area contributed by atoms with Gasteiger partial charge in [-0.2, -0.15) is 0 Å². The van der Waals surface area contributed by atoms with Gasteiger partial charge in [0.25, 0.3) is 0 Å². The molecule has 0 aliphatic rings. The molecule has 106 valence electrons. The molecule has 1 aromatic carbocycles. The number of nitrogens with one attached hydrogen (secondary N) is 1. The van der Waals surface area contributed by atoms with Gasteiger partial charge in [0.1, 0.15) is 11.6 Å². The second-order valence-electron chi connectivity index (χ2n) is 4.57. The van der Waals surface area contributed by atoms with E-state index in [4.69, 9.17) is 16.3 Å². The predicted octanol–water partition coefficient (Wildman–Crippen LogP) is 4.00. The van der Waals surface area contributed by atoms with E-state index in [9.17, 15) is 4.39 Å². The Labute approximate surface area is 122 Å². The molecule has 0 saturated heterocycles. The Morgan fingerprint density at radius 3 is 2.70 bits per heavy atom. The molecule has 0 spiro atoms. The van der Waals surface area contributed by atoms with Gasteiger partial charge in [-0.1, -0.05) is 11.6 Å². The molecule has 0 aliphatic heterocycles. The monoisotopic (exact) mass is 294 g/mol. The third-order valence-corrected chi connectivity index (χ3v) is 3.20. The number of nitrogens with zero attached hydrogens (tertiary/aromatic N) is 1. The first-order valence-corrected chi connectivity index (χ1v) is 6.63. The van der Waals surface area contributed by atoms with Gasteiger partial charge in [-0.3, -0.25) is 0 Å². The van der Waals surface area contributed by atoms with E-state index in [1.54, 1.807) is 6.07 Å². The summed E-state index contributed by atoms with van der Waals surface area (Å²) in [7, 11) is 1.85. The molecule has 1 N–H and O–H groups in total. The SMILES string of the molecule is CNCc1c(C)cc(C)nc1Oc1ccc(Cl)c(F)c1. The summed E-state index contributed by atoms with van der Waals surface area (Å²) in [5.41, 5.74) is 2.89. The van der Waals surface area contributed by atoms with Gasteiger partial charge in [-0.15, -0.1) is 0 Å². The van der Waals surface area contributed by atoms with E-state index in [1.807, 2.05) is 27.0 Å². The zero-order valence-corrected chi connectivity index (χ0v) is 12.4. The number of pyridine rings is 1. The van der Waals surface area contributed by atoms with Gasteiger partial charge in [0.05, 0.1) is 5.02 Å². The Morgan fingerprint density at radius 1 is 1.30 bits per heavy atom. The molecule has 1 heterocycles. The Balaban J connectivity index is 2.38. The van der Waals surface area contributed by atoms with Crippen molar-refractivity contribution in [3.05, 3.63) is 51.9 Å². The average molecular weight is 295 g/mol. The van der Waals surface area contributed by atoms with E-state index < -0.39 is 5.82 Å². The number of aromatic nitrogens is 1. The number of benzene rings is 1. The highest BCUT2D eigenvalue weighted by atomic mass is 35.5. The first-order valence-electron chi connectivity index (χ1n) is 6.26. The highest BCUT2D eigenvalue weighted by molar-refractivity contribution is 6.30. The zero-order valence-electron chi connectivity index (χ0n) is 11.6. The standard InChI is InChI=1S/C15H16ClFN2O/c1-9-6-10(2)19-15(12(9)8-18-3)20-11-4-5-13(16)14(17)7-11/h4-7,18H,8H2,1-3H3. The Hall–Kier alpha value is -1.65. The number of ether oxygens (including phenoxy) is 1. The Morgan fingerprint density at radius 2 is 2.05 bits per heavy atom. The van der Waals surface area contributed by atoms with Crippen molar-refractivity contribution in [3.63, 3.8) is 0 Å². The van der Waals surface area contributed by atoms with Crippen LogP contribution in [-0.4, -0.2) is 12.0 Å². The fourth-order valence-corrected chi connectivity index (χ4v) is 2.07. The van der Waals surface area contributed by atoms with Crippen LogP contribution in [0.2, 0.25) is 5.02 Å². The van der Waals surface area contributed by atoms with E-state index >= 15 is 0 Å². The maximum atomic E-state index is 13.4. The van der Waals surface area contributed by atoms with Crippen LogP contribution in [0.15, 0.2) is 24.3 Å². The fourth-order valence-electron chi connectivity index (χ4n) is 1.96. The van der Waals surface area contributed by atoms with E-state index in [0.29, 0.717) is 18.2 Å². The zero-order chi connectivity index (χ0) is 14.7. The molecular formula is C15H16ClFN2O. The quantitative estimate of drug-likeness (QED) is 0.925. The molecule has 1 aromatic heterocycles. The highest BCUT2D eigenvalue weighted by Gasteiger charge is 2.11. The van der Waals surface area contributed by atoms with Crippen LogP contribution < -0.4 is 10.1 Å². The molecule has 0 radical (unpaired) electrons. The van der Waals surface area contributed by atoms with Crippen LogP contribution in [0.1, 0.15) is 16.8 Å². The predicted molar refractivity (Wildman–Crippen MR) is 78.0 cm³/mol. The van der Waals surface area contributed by atoms with E-state index in [0.717, 1.165) is 16.8 Å². The number of rotatable bonds is 4. The molecule has 0 unspecified atom stereocenters. The summed E-state index contributed by atoms with van der Waals surface area (Å²) in [6.07, 6.45) is 0. The summed E-state index contributed by atoms with van der Waals surface area (Å²) in [5, 5.41) is 3.15. The smallest absolute Gasteiger partial charge is 0.224 e. The van der Waals surface area contributed by atoms with Crippen molar-refractivity contribution < 1.29 is 9.13 Å². The lowest BCUT2D eigenvalue weighted by Gasteiger charge is -2.13. The van der Waals surface area contributed by atoms with Gasteiger partial charge >= 0.3 is 0 Å². The number of hydrogen-bond acceptors (Lipinski definition) is 3. The van der Waals surface area contributed by atoms with Crippen molar-refractivity contribution >= 4 is 11.6 Å². The minimum atomic E-state index is -0.510. The minimum Gasteiger partial charge on any atom is -0.439 e. The molecule has 0 aliphatic carbocycles. The fraction of sp³-hybridized carbons (Fsp3) is 0.267. The minimum absolute atomic E-state index is 0.0705. The van der Waals surface area contributed by atoms with E-state index in [-0.39, 0.29) is 5.02 Å². The largest absolute Gasteiger partial charge is 0.439 e. The van der Waals surface area contributed by atoms with Gasteiger partial charge in [0, 0.05) is 23.9 Å². The lowest BCUT2D eigenvalue weighted by Crippen LogP contribution is -2.09. The summed E-state index contributed by atoms with van der Waals surface area (Å²) in [4.78, 5) is 4.38. The molecule has 0 saturated carbocycles. The molecular weight excluding hydrogens is 279 g/mol. The average Bonchev–Trinajstić information content (AvgIpc) is 2.38. The third-order valence-electron chi connectivity index (χ3n) is 2.90. The maximum absolute atomic E-state index is 13.4. The van der Waals surface area contributed by atoms with Crippen LogP contribution in [0, 0.1) is 19.7 Å². The summed E-state index contributed by atoms with van der Waals surface area (Å²) in [6, 6.07) is 6.33. The van der Waals surface area contributed by atoms with Gasteiger partial charge in [-0.05, 0) is 44.7 Å². The summed E-state index contributed by atoms with van der Waals surface area (Å²) in [6.45, 7) is 4.52. The summed E-state index contributed by atoms with van der Waals surface area (Å²) < 4.78 is 19.2. The molecule has 2 aromatic rings. The van der Waals surface area contributed by atoms with Gasteiger partial charge in [-0.25, -0.2) is 9.37 Å². The molecule has 0 amide bonds. The highest BCUT2D eigenvalue weighted by Crippen LogP contribution is 2.28. The van der Waals surface area contributed by atoms with Crippen molar-refractivity contribution in [1.82, 2.24) is 10.3 Å². The maximum Gasteiger partial charge on any atom is 0.224 e. The van der Waals surface area contributed by atoms with Crippen LogP contribution in [0.3, 0.4) is 0 Å². The van der Waals surface area contributed by atoms with Crippen molar-refractivity contribution in [2.45, 2.75) is 20.4 Å². The van der Waals surface area contributed by atoms with Gasteiger partial charge in [0.2, 0.25) is 5.88 Å². The van der Waals surface area contributed by atoms with Crippen LogP contribution in [0.4, 0.5) is 4.39 Å². The molecule has 20 heavy (non-hydrogen) atoms. The van der Waals surface area contributed by atoms with Crippen LogP contribution >= 0.6 is 11.6 Å². The van der Waals surface area contributed by atoms with Crippen molar-refractivity contribution in [3.8, 4) is 11.6 Å². The first-order chi connectivity index (χ1) is 9.51. The number of hydrogen-bond donors (Lipinski definition) is 1.